The fraction of sp³-hybridized carbons (Fsp3) is 0.0769. The molecule has 24 heavy (non-hydrogen) atoms. The number of furan rings is 1. The molecule has 1 aromatic heterocycles. The van der Waals surface area contributed by atoms with Crippen molar-refractivity contribution in [2.45, 2.75) is 0 Å². The third-order valence-electron chi connectivity index (χ3n) is 2.51. The zero-order chi connectivity index (χ0) is 17.7. The number of amides is 1. The Balaban J connectivity index is 1.86. The maximum absolute atomic E-state index is 11.6. The molecule has 0 fully saturated rings. The van der Waals surface area contributed by atoms with Gasteiger partial charge in [0, 0.05) is 6.07 Å². The van der Waals surface area contributed by atoms with Crippen LogP contribution >= 0.6 is 34.8 Å². The molecule has 2 rings (SSSR count). The van der Waals surface area contributed by atoms with E-state index >= 15 is 0 Å². The molecule has 2 aromatic rings. The lowest BCUT2D eigenvalue weighted by Crippen LogP contribution is -2.24. The molecule has 11 heteroatoms. The Hall–Kier alpha value is -2.29. The highest BCUT2D eigenvalue weighted by molar-refractivity contribution is 6.43. The molecular weight excluding hydrogens is 385 g/mol. The molecule has 1 amide bonds. The average Bonchev–Trinajstić information content (AvgIpc) is 2.99. The number of carbonyl (C=O) groups is 1. The van der Waals surface area contributed by atoms with E-state index < -0.39 is 16.7 Å². The summed E-state index contributed by atoms with van der Waals surface area (Å²) in [5.41, 5.74) is 2.16. The molecule has 0 saturated heterocycles. The van der Waals surface area contributed by atoms with Crippen LogP contribution in [0.3, 0.4) is 0 Å². The standard InChI is InChI=1S/C13H8Cl3N3O5/c14-8-3-10(16)11(4-9(8)15)23-6-12(20)18-17-5-7-1-2-13(24-7)19(21)22/h1-5H,6H2,(H,18,20)/b17-5+. The fourth-order valence-electron chi connectivity index (χ4n) is 1.47. The van der Waals surface area contributed by atoms with Crippen LogP contribution in [-0.2, 0) is 4.79 Å². The number of nitrogens with zero attached hydrogens (tertiary/aromatic N) is 2. The van der Waals surface area contributed by atoms with Gasteiger partial charge in [0.2, 0.25) is 0 Å². The molecule has 1 heterocycles. The van der Waals surface area contributed by atoms with Crippen molar-refractivity contribution < 1.29 is 18.9 Å². The Bertz CT molecular complexity index is 806. The Morgan fingerprint density at radius 3 is 2.67 bits per heavy atom. The summed E-state index contributed by atoms with van der Waals surface area (Å²) < 4.78 is 10.0. The molecule has 0 radical (unpaired) electrons. The van der Waals surface area contributed by atoms with Crippen molar-refractivity contribution in [2.75, 3.05) is 6.61 Å². The summed E-state index contributed by atoms with van der Waals surface area (Å²) in [7, 11) is 0. The van der Waals surface area contributed by atoms with Crippen LogP contribution in [0.15, 0.2) is 33.8 Å². The lowest BCUT2D eigenvalue weighted by atomic mass is 10.3. The largest absolute Gasteiger partial charge is 0.482 e. The Morgan fingerprint density at radius 1 is 1.29 bits per heavy atom. The summed E-state index contributed by atoms with van der Waals surface area (Å²) in [6.07, 6.45) is 1.11. The zero-order valence-corrected chi connectivity index (χ0v) is 13.9. The van der Waals surface area contributed by atoms with Crippen molar-refractivity contribution in [3.63, 3.8) is 0 Å². The Kier molecular flexibility index (Phi) is 6.02. The van der Waals surface area contributed by atoms with E-state index in [-0.39, 0.29) is 33.2 Å². The third kappa shape index (κ3) is 4.85. The fourth-order valence-corrected chi connectivity index (χ4v) is 2.06. The summed E-state index contributed by atoms with van der Waals surface area (Å²) in [5, 5.41) is 14.7. The van der Waals surface area contributed by atoms with Crippen LogP contribution in [-0.4, -0.2) is 23.7 Å². The number of carbonyl (C=O) groups excluding carboxylic acids is 1. The maximum atomic E-state index is 11.6. The Morgan fingerprint density at radius 2 is 2.00 bits per heavy atom. The van der Waals surface area contributed by atoms with Gasteiger partial charge < -0.3 is 9.15 Å². The second-order valence-corrected chi connectivity index (χ2v) is 5.43. The molecule has 0 saturated carbocycles. The van der Waals surface area contributed by atoms with Gasteiger partial charge in [-0.05, 0) is 12.1 Å². The van der Waals surface area contributed by atoms with Crippen LogP contribution in [0.25, 0.3) is 0 Å². The van der Waals surface area contributed by atoms with Crippen molar-refractivity contribution in [2.24, 2.45) is 5.10 Å². The average molecular weight is 393 g/mol. The number of hydrazone groups is 1. The van der Waals surface area contributed by atoms with Gasteiger partial charge in [-0.25, -0.2) is 5.43 Å². The normalized spacial score (nSPS) is 10.8. The molecule has 0 spiro atoms. The van der Waals surface area contributed by atoms with E-state index in [4.69, 9.17) is 44.0 Å². The summed E-state index contributed by atoms with van der Waals surface area (Å²) in [6.45, 7) is -0.382. The second-order valence-electron chi connectivity index (χ2n) is 4.21. The first-order valence-electron chi connectivity index (χ1n) is 6.20. The molecule has 0 unspecified atom stereocenters. The van der Waals surface area contributed by atoms with Gasteiger partial charge in [0.15, 0.2) is 12.4 Å². The molecule has 0 aliphatic rings. The van der Waals surface area contributed by atoms with E-state index in [1.165, 1.54) is 24.3 Å². The third-order valence-corrected chi connectivity index (χ3v) is 3.52. The predicted octanol–water partition coefficient (Wildman–Crippen LogP) is 3.68. The lowest BCUT2D eigenvalue weighted by Gasteiger charge is -2.08. The minimum Gasteiger partial charge on any atom is -0.482 e. The molecule has 126 valence electrons. The van der Waals surface area contributed by atoms with E-state index in [1.807, 2.05) is 0 Å². The van der Waals surface area contributed by atoms with E-state index in [0.29, 0.717) is 0 Å². The predicted molar refractivity (Wildman–Crippen MR) is 88.1 cm³/mol. The smallest absolute Gasteiger partial charge is 0.433 e. The maximum Gasteiger partial charge on any atom is 0.433 e. The Labute approximate surface area is 150 Å². The molecule has 0 aliphatic heterocycles. The molecule has 0 aliphatic carbocycles. The van der Waals surface area contributed by atoms with Gasteiger partial charge in [0.25, 0.3) is 5.91 Å². The van der Waals surface area contributed by atoms with Crippen molar-refractivity contribution in [1.29, 1.82) is 0 Å². The number of nitrogens with one attached hydrogen (secondary N) is 1. The number of hydrogen-bond donors (Lipinski definition) is 1. The number of nitro groups is 1. The molecule has 1 aromatic carbocycles. The molecule has 8 nitrogen and oxygen atoms in total. The molecule has 0 atom stereocenters. The first-order chi connectivity index (χ1) is 11.4. The van der Waals surface area contributed by atoms with Crippen LogP contribution in [0.5, 0.6) is 5.75 Å². The number of ether oxygens (including phenoxy) is 1. The van der Waals surface area contributed by atoms with Crippen LogP contribution in [0.1, 0.15) is 5.76 Å². The lowest BCUT2D eigenvalue weighted by molar-refractivity contribution is -0.402. The number of halogens is 3. The van der Waals surface area contributed by atoms with Gasteiger partial charge in [-0.1, -0.05) is 34.8 Å². The van der Waals surface area contributed by atoms with Gasteiger partial charge in [-0.2, -0.15) is 5.10 Å². The van der Waals surface area contributed by atoms with E-state index in [2.05, 4.69) is 10.5 Å². The van der Waals surface area contributed by atoms with Crippen LogP contribution in [0.2, 0.25) is 15.1 Å². The van der Waals surface area contributed by atoms with Crippen molar-refractivity contribution in [3.05, 3.63) is 55.2 Å². The highest BCUT2D eigenvalue weighted by atomic mass is 35.5. The minimum atomic E-state index is -0.690. The van der Waals surface area contributed by atoms with E-state index in [1.54, 1.807) is 0 Å². The number of hydrogen-bond acceptors (Lipinski definition) is 6. The minimum absolute atomic E-state index is 0.107. The molecular formula is C13H8Cl3N3O5. The van der Waals surface area contributed by atoms with Crippen molar-refractivity contribution >= 4 is 52.8 Å². The van der Waals surface area contributed by atoms with Crippen molar-refractivity contribution in [1.82, 2.24) is 5.43 Å². The van der Waals surface area contributed by atoms with Gasteiger partial charge in [-0.15, -0.1) is 0 Å². The topological polar surface area (TPSA) is 107 Å². The summed E-state index contributed by atoms with van der Waals surface area (Å²) >= 11 is 17.5. The highest BCUT2D eigenvalue weighted by Crippen LogP contribution is 2.33. The van der Waals surface area contributed by atoms with Crippen LogP contribution in [0, 0.1) is 10.1 Å². The summed E-state index contributed by atoms with van der Waals surface area (Å²) in [6, 6.07) is 5.27. The van der Waals surface area contributed by atoms with Gasteiger partial charge >= 0.3 is 5.88 Å². The summed E-state index contributed by atoms with van der Waals surface area (Å²) in [4.78, 5) is 21.3. The number of rotatable bonds is 6. The SMILES string of the molecule is O=C(COc1cc(Cl)c(Cl)cc1Cl)N/N=C/c1ccc([N+](=O)[O-])o1. The monoisotopic (exact) mass is 391 g/mol. The quantitative estimate of drug-likeness (QED) is 0.349. The van der Waals surface area contributed by atoms with Gasteiger partial charge in [-0.3, -0.25) is 14.9 Å². The first-order valence-corrected chi connectivity index (χ1v) is 7.33. The molecule has 0 bridgehead atoms. The van der Waals surface area contributed by atoms with Crippen molar-refractivity contribution in [3.8, 4) is 5.75 Å². The highest BCUT2D eigenvalue weighted by Gasteiger charge is 2.11. The van der Waals surface area contributed by atoms with Crippen LogP contribution in [0.4, 0.5) is 5.88 Å². The first kappa shape index (κ1) is 18.1. The number of benzene rings is 1. The molecule has 1 N–H and O–H groups in total. The summed E-state index contributed by atoms with van der Waals surface area (Å²) in [5.74, 6) is -0.725. The van der Waals surface area contributed by atoms with E-state index in [9.17, 15) is 14.9 Å². The zero-order valence-electron chi connectivity index (χ0n) is 11.7. The van der Waals surface area contributed by atoms with E-state index in [0.717, 1.165) is 6.21 Å². The van der Waals surface area contributed by atoms with Gasteiger partial charge in [0.1, 0.15) is 10.7 Å². The second kappa shape index (κ2) is 8.00. The van der Waals surface area contributed by atoms with Crippen LogP contribution < -0.4 is 10.2 Å². The van der Waals surface area contributed by atoms with Gasteiger partial charge in [0.05, 0.1) is 27.3 Å².